The normalized spacial score (nSPS) is 14.4. The lowest BCUT2D eigenvalue weighted by Gasteiger charge is -2.19. The highest BCUT2D eigenvalue weighted by atomic mass is 35.5. The van der Waals surface area contributed by atoms with Crippen LogP contribution in [-0.2, 0) is 4.74 Å². The van der Waals surface area contributed by atoms with Crippen molar-refractivity contribution in [2.24, 2.45) is 11.8 Å². The molecule has 0 aliphatic carbocycles. The summed E-state index contributed by atoms with van der Waals surface area (Å²) in [6, 6.07) is 0. The Kier molecular flexibility index (Phi) is 7.99. The largest absolute Gasteiger partial charge is 0.467 e. The number of alkyl halides is 2. The Hall–Kier alpha value is -0.140. The van der Waals surface area contributed by atoms with Gasteiger partial charge in [-0.2, -0.15) is 0 Å². The summed E-state index contributed by atoms with van der Waals surface area (Å²) in [5, 5.41) is 0. The molecule has 2 atom stereocenters. The maximum absolute atomic E-state index is 5.65. The van der Waals surface area contributed by atoms with Crippen molar-refractivity contribution in [3.05, 3.63) is 24.7 Å². The van der Waals surface area contributed by atoms with E-state index in [2.05, 4.69) is 13.2 Å². The van der Waals surface area contributed by atoms with E-state index in [-0.39, 0.29) is 11.8 Å². The summed E-state index contributed by atoms with van der Waals surface area (Å²) in [6.45, 7) is 11.9. The number of hydrogen-bond donors (Lipinski definition) is 0. The molecule has 15 heavy (non-hydrogen) atoms. The molecule has 0 aliphatic heterocycles. The summed E-state index contributed by atoms with van der Waals surface area (Å²) >= 11 is 11.3. The highest BCUT2D eigenvalue weighted by Crippen LogP contribution is 2.22. The first kappa shape index (κ1) is 14.9. The van der Waals surface area contributed by atoms with Gasteiger partial charge < -0.3 is 4.74 Å². The van der Waals surface area contributed by atoms with Crippen LogP contribution in [0.1, 0.15) is 26.7 Å². The van der Waals surface area contributed by atoms with Crippen LogP contribution >= 0.6 is 23.2 Å². The molecule has 0 bridgehead atoms. The zero-order chi connectivity index (χ0) is 11.8. The summed E-state index contributed by atoms with van der Waals surface area (Å²) in [7, 11) is 0. The van der Waals surface area contributed by atoms with Crippen LogP contribution in [0, 0.1) is 11.8 Å². The predicted octanol–water partition coefficient (Wildman–Crippen LogP) is 4.56. The molecule has 0 radical (unpaired) electrons. The van der Waals surface area contributed by atoms with Gasteiger partial charge in [-0.05, 0) is 12.8 Å². The fourth-order valence-electron chi connectivity index (χ4n) is 1.02. The Bertz CT molecular complexity index is 192. The van der Waals surface area contributed by atoms with Crippen molar-refractivity contribution in [3.8, 4) is 0 Å². The Morgan fingerprint density at radius 3 is 1.60 bits per heavy atom. The van der Waals surface area contributed by atoms with Gasteiger partial charge in [-0.15, -0.1) is 23.2 Å². The summed E-state index contributed by atoms with van der Waals surface area (Å²) in [4.78, 5) is 0. The van der Waals surface area contributed by atoms with Crippen molar-refractivity contribution >= 4 is 23.2 Å². The number of allylic oxidation sites excluding steroid dienone is 2. The minimum atomic E-state index is 0.266. The van der Waals surface area contributed by atoms with Crippen molar-refractivity contribution in [3.63, 3.8) is 0 Å². The Morgan fingerprint density at radius 1 is 1.00 bits per heavy atom. The van der Waals surface area contributed by atoms with E-state index in [1.165, 1.54) is 0 Å². The average molecular weight is 251 g/mol. The van der Waals surface area contributed by atoms with Gasteiger partial charge in [0.1, 0.15) is 0 Å². The van der Waals surface area contributed by atoms with Crippen molar-refractivity contribution < 1.29 is 4.74 Å². The zero-order valence-electron chi connectivity index (χ0n) is 9.56. The fraction of sp³-hybridized carbons (Fsp3) is 0.667. The van der Waals surface area contributed by atoms with Crippen molar-refractivity contribution in [1.29, 1.82) is 0 Å². The van der Waals surface area contributed by atoms with Gasteiger partial charge in [-0.3, -0.25) is 0 Å². The lowest BCUT2D eigenvalue weighted by molar-refractivity contribution is 0.225. The molecule has 3 heteroatoms. The quantitative estimate of drug-likeness (QED) is 0.454. The van der Waals surface area contributed by atoms with E-state index < -0.39 is 0 Å². The molecule has 0 fully saturated rings. The van der Waals surface area contributed by atoms with Crippen molar-refractivity contribution in [2.45, 2.75) is 26.7 Å². The van der Waals surface area contributed by atoms with E-state index in [1.54, 1.807) is 0 Å². The maximum atomic E-state index is 5.65. The monoisotopic (exact) mass is 250 g/mol. The Morgan fingerprint density at radius 2 is 1.33 bits per heavy atom. The molecule has 0 aromatic carbocycles. The SMILES string of the molecule is C=C(OC(=C)C(C)CCCl)C(C)CCCl. The smallest absolute Gasteiger partial charge is 0.0992 e. The number of hydrogen-bond acceptors (Lipinski definition) is 1. The van der Waals surface area contributed by atoms with Gasteiger partial charge in [0.15, 0.2) is 0 Å². The molecule has 0 aromatic rings. The summed E-state index contributed by atoms with van der Waals surface area (Å²) in [6.07, 6.45) is 1.75. The molecule has 0 amide bonds. The minimum absolute atomic E-state index is 0.266. The highest BCUT2D eigenvalue weighted by molar-refractivity contribution is 6.18. The zero-order valence-corrected chi connectivity index (χ0v) is 11.1. The molecule has 0 aromatic heterocycles. The second-order valence-electron chi connectivity index (χ2n) is 3.79. The van der Waals surface area contributed by atoms with Gasteiger partial charge in [0, 0.05) is 23.6 Å². The third kappa shape index (κ3) is 6.11. The molecule has 2 unspecified atom stereocenters. The van der Waals surface area contributed by atoms with Crippen molar-refractivity contribution in [2.75, 3.05) is 11.8 Å². The van der Waals surface area contributed by atoms with Crippen LogP contribution in [0.2, 0.25) is 0 Å². The molecule has 0 aliphatic rings. The number of rotatable bonds is 8. The molecule has 88 valence electrons. The Labute approximate surface area is 103 Å². The maximum Gasteiger partial charge on any atom is 0.0992 e. The molecule has 0 saturated carbocycles. The molecular formula is C12H20Cl2O. The van der Waals surface area contributed by atoms with Crippen LogP contribution in [0.5, 0.6) is 0 Å². The highest BCUT2D eigenvalue weighted by Gasteiger charge is 2.12. The standard InChI is InChI=1S/C12H20Cl2O/c1-9(5-7-13)11(3)15-12(4)10(2)6-8-14/h9-10H,3-8H2,1-2H3. The van der Waals surface area contributed by atoms with Crippen LogP contribution in [0.3, 0.4) is 0 Å². The fourth-order valence-corrected chi connectivity index (χ4v) is 1.67. The number of ether oxygens (including phenoxy) is 1. The average Bonchev–Trinajstić information content (AvgIpc) is 2.18. The molecule has 0 rings (SSSR count). The van der Waals surface area contributed by atoms with E-state index in [0.29, 0.717) is 11.8 Å². The van der Waals surface area contributed by atoms with E-state index in [9.17, 15) is 0 Å². The van der Waals surface area contributed by atoms with Gasteiger partial charge in [0.25, 0.3) is 0 Å². The number of halogens is 2. The Balaban J connectivity index is 4.00. The third-order valence-corrected chi connectivity index (χ3v) is 2.88. The second-order valence-corrected chi connectivity index (χ2v) is 4.55. The minimum Gasteiger partial charge on any atom is -0.467 e. The van der Waals surface area contributed by atoms with Crippen LogP contribution in [0.4, 0.5) is 0 Å². The molecule has 0 N–H and O–H groups in total. The molecule has 0 saturated heterocycles. The summed E-state index contributed by atoms with van der Waals surface area (Å²) in [5.41, 5.74) is 0. The van der Waals surface area contributed by atoms with Crippen LogP contribution in [-0.4, -0.2) is 11.8 Å². The lowest BCUT2D eigenvalue weighted by atomic mass is 10.1. The molecule has 0 heterocycles. The predicted molar refractivity (Wildman–Crippen MR) is 68.4 cm³/mol. The van der Waals surface area contributed by atoms with Crippen LogP contribution in [0.25, 0.3) is 0 Å². The van der Waals surface area contributed by atoms with E-state index in [0.717, 1.165) is 24.4 Å². The van der Waals surface area contributed by atoms with E-state index in [4.69, 9.17) is 27.9 Å². The molecule has 0 spiro atoms. The first-order chi connectivity index (χ1) is 7.02. The third-order valence-electron chi connectivity index (χ3n) is 2.45. The second kappa shape index (κ2) is 8.06. The van der Waals surface area contributed by atoms with Gasteiger partial charge >= 0.3 is 0 Å². The van der Waals surface area contributed by atoms with E-state index >= 15 is 0 Å². The molecular weight excluding hydrogens is 231 g/mol. The first-order valence-electron chi connectivity index (χ1n) is 5.20. The summed E-state index contributed by atoms with van der Waals surface area (Å²) in [5.74, 6) is 3.24. The van der Waals surface area contributed by atoms with Crippen LogP contribution < -0.4 is 0 Å². The van der Waals surface area contributed by atoms with Gasteiger partial charge in [-0.25, -0.2) is 0 Å². The van der Waals surface area contributed by atoms with Crippen LogP contribution in [0.15, 0.2) is 24.7 Å². The van der Waals surface area contributed by atoms with Crippen molar-refractivity contribution in [1.82, 2.24) is 0 Å². The topological polar surface area (TPSA) is 9.23 Å². The lowest BCUT2D eigenvalue weighted by Crippen LogP contribution is -2.08. The summed E-state index contributed by atoms with van der Waals surface area (Å²) < 4.78 is 5.57. The molecule has 1 nitrogen and oxygen atoms in total. The van der Waals surface area contributed by atoms with Gasteiger partial charge in [0.05, 0.1) is 11.5 Å². The van der Waals surface area contributed by atoms with E-state index in [1.807, 2.05) is 13.8 Å². The van der Waals surface area contributed by atoms with Gasteiger partial charge in [-0.1, -0.05) is 27.0 Å². The first-order valence-corrected chi connectivity index (χ1v) is 6.27. The van der Waals surface area contributed by atoms with Gasteiger partial charge in [0.2, 0.25) is 0 Å².